The van der Waals surface area contributed by atoms with Gasteiger partial charge in [0.05, 0.1) is 0 Å². The van der Waals surface area contributed by atoms with Gasteiger partial charge in [-0.05, 0) is 79.0 Å². The van der Waals surface area contributed by atoms with Gasteiger partial charge in [-0.25, -0.2) is 0 Å². The summed E-state index contributed by atoms with van der Waals surface area (Å²) >= 11 is 4.94. The largest absolute Gasteiger partial charge is 0.405 e. The van der Waals surface area contributed by atoms with Crippen molar-refractivity contribution in [2.24, 2.45) is 34.5 Å². The Balaban J connectivity index is 1.75. The highest BCUT2D eigenvalue weighted by Crippen LogP contribution is 2.46. The number of hydrazone groups is 1. The molecular weight excluding hydrogens is 376 g/mol. The molecule has 0 saturated carbocycles. The molecule has 0 spiro atoms. The lowest BCUT2D eigenvalue weighted by Gasteiger charge is -2.38. The van der Waals surface area contributed by atoms with Crippen molar-refractivity contribution in [2.45, 2.75) is 52.4 Å². The Morgan fingerprint density at radius 1 is 1.28 bits per heavy atom. The fourth-order valence-electron chi connectivity index (χ4n) is 5.17. The van der Waals surface area contributed by atoms with Gasteiger partial charge in [0.15, 0.2) is 0 Å². The molecule has 0 saturated heterocycles. The summed E-state index contributed by atoms with van der Waals surface area (Å²) in [6.07, 6.45) is 20.8. The van der Waals surface area contributed by atoms with Crippen LogP contribution in [0.2, 0.25) is 0 Å². The number of thiol groups is 1. The average molecular weight is 413 g/mol. The third kappa shape index (κ3) is 5.81. The molecule has 0 bridgehead atoms. The van der Waals surface area contributed by atoms with Crippen LogP contribution < -0.4 is 16.5 Å². The summed E-state index contributed by atoms with van der Waals surface area (Å²) in [6.45, 7) is 5.38. The van der Waals surface area contributed by atoms with Gasteiger partial charge in [-0.1, -0.05) is 43.7 Å². The van der Waals surface area contributed by atoms with E-state index in [1.165, 1.54) is 29.6 Å². The Morgan fingerprint density at radius 3 is 2.86 bits per heavy atom. The van der Waals surface area contributed by atoms with E-state index in [2.05, 4.69) is 54.0 Å². The highest BCUT2D eigenvalue weighted by Gasteiger charge is 2.33. The number of hydrogen-bond acceptors (Lipinski definition) is 5. The highest BCUT2D eigenvalue weighted by molar-refractivity contribution is 7.84. The van der Waals surface area contributed by atoms with E-state index in [1.54, 1.807) is 23.4 Å². The Hall–Kier alpha value is -1.88. The van der Waals surface area contributed by atoms with Gasteiger partial charge in [0.2, 0.25) is 0 Å². The summed E-state index contributed by atoms with van der Waals surface area (Å²) in [5.74, 6) is 2.53. The normalized spacial score (nSPS) is 30.6. The number of allylic oxidation sites excluding steroid dienone is 9. The topological polar surface area (TPSA) is 62.4 Å². The molecule has 158 valence electrons. The molecule has 0 fully saturated rings. The zero-order chi connectivity index (χ0) is 20.6. The maximum Gasteiger partial charge on any atom is 0.101 e. The number of nitrogens with one attached hydrogen (secondary N) is 2. The predicted octanol–water partition coefficient (Wildman–Crippen LogP) is 5.02. The Bertz CT molecular complexity index is 744. The van der Waals surface area contributed by atoms with E-state index in [-0.39, 0.29) is 0 Å². The first-order valence-corrected chi connectivity index (χ1v) is 11.4. The molecule has 0 aliphatic heterocycles. The van der Waals surface area contributed by atoms with Crippen LogP contribution in [-0.4, -0.2) is 12.9 Å². The second-order valence-corrected chi connectivity index (χ2v) is 9.16. The third-order valence-electron chi connectivity index (χ3n) is 6.37. The van der Waals surface area contributed by atoms with Crippen LogP contribution in [-0.2, 0) is 0 Å². The van der Waals surface area contributed by atoms with Gasteiger partial charge in [-0.15, -0.1) is 12.6 Å². The fourth-order valence-corrected chi connectivity index (χ4v) is 5.89. The van der Waals surface area contributed by atoms with Gasteiger partial charge >= 0.3 is 0 Å². The van der Waals surface area contributed by atoms with Crippen molar-refractivity contribution in [1.82, 2.24) is 10.7 Å². The average Bonchev–Trinajstić information content (AvgIpc) is 2.71. The molecule has 3 aliphatic rings. The molecule has 3 rings (SSSR count). The van der Waals surface area contributed by atoms with Crippen molar-refractivity contribution in [1.29, 1.82) is 0 Å². The van der Waals surface area contributed by atoms with Crippen LogP contribution in [0, 0.1) is 23.7 Å². The molecule has 29 heavy (non-hydrogen) atoms. The second-order valence-electron chi connectivity index (χ2n) is 8.62. The van der Waals surface area contributed by atoms with Crippen LogP contribution in [0.15, 0.2) is 63.4 Å². The van der Waals surface area contributed by atoms with Gasteiger partial charge in [0.1, 0.15) is 6.67 Å². The minimum atomic E-state index is 0.496. The number of rotatable bonds is 7. The SMILES string of the molecule is CC1CC(S)=C(C2CCC(NCN/N=C\C=C\N)=C(C3C=CC=CC3)C2)C(C)C1. The van der Waals surface area contributed by atoms with Crippen molar-refractivity contribution in [3.63, 3.8) is 0 Å². The standard InChI is InChI=1S/C24H36N4S/c1-17-13-18(2)24(23(29)14-17)20-9-10-22(26-16-28-27-12-6-11-25)21(15-20)19-7-4-3-5-8-19/h3-7,11-12,17-20,26,28-29H,8-10,13-16,25H2,1-2H3/b11-6+,27-12-. The molecule has 4 atom stereocenters. The lowest BCUT2D eigenvalue weighted by molar-refractivity contribution is 0.362. The van der Waals surface area contributed by atoms with E-state index in [9.17, 15) is 0 Å². The Morgan fingerprint density at radius 2 is 2.14 bits per heavy atom. The molecule has 4 N–H and O–H groups in total. The molecule has 0 aromatic carbocycles. The summed E-state index contributed by atoms with van der Waals surface area (Å²) in [5.41, 5.74) is 13.0. The molecule has 0 radical (unpaired) electrons. The molecule has 3 aliphatic carbocycles. The smallest absolute Gasteiger partial charge is 0.101 e. The van der Waals surface area contributed by atoms with E-state index < -0.39 is 0 Å². The van der Waals surface area contributed by atoms with Crippen molar-refractivity contribution in [3.8, 4) is 0 Å². The van der Waals surface area contributed by atoms with Crippen LogP contribution >= 0.6 is 12.6 Å². The zero-order valence-corrected chi connectivity index (χ0v) is 18.7. The maximum absolute atomic E-state index is 5.32. The van der Waals surface area contributed by atoms with Crippen molar-refractivity contribution < 1.29 is 0 Å². The van der Waals surface area contributed by atoms with Gasteiger partial charge in [0, 0.05) is 17.8 Å². The van der Waals surface area contributed by atoms with Crippen molar-refractivity contribution in [2.75, 3.05) is 6.67 Å². The molecule has 4 unspecified atom stereocenters. The Kier molecular flexibility index (Phi) is 8.10. The van der Waals surface area contributed by atoms with Gasteiger partial charge < -0.3 is 11.1 Å². The van der Waals surface area contributed by atoms with E-state index in [4.69, 9.17) is 18.4 Å². The van der Waals surface area contributed by atoms with E-state index >= 15 is 0 Å². The fraction of sp³-hybridized carbons (Fsp3) is 0.542. The van der Waals surface area contributed by atoms with E-state index in [0.29, 0.717) is 24.4 Å². The molecule has 0 aromatic rings. The van der Waals surface area contributed by atoms with Crippen LogP contribution in [0.25, 0.3) is 0 Å². The summed E-state index contributed by atoms with van der Waals surface area (Å²) in [5, 5.41) is 7.73. The third-order valence-corrected chi connectivity index (χ3v) is 6.81. The Labute approximate surface area is 181 Å². The van der Waals surface area contributed by atoms with Gasteiger partial charge in [0.25, 0.3) is 0 Å². The lowest BCUT2D eigenvalue weighted by atomic mass is 9.70. The van der Waals surface area contributed by atoms with Crippen LogP contribution in [0.3, 0.4) is 0 Å². The first-order valence-electron chi connectivity index (χ1n) is 10.9. The van der Waals surface area contributed by atoms with Gasteiger partial charge in [-0.2, -0.15) is 5.10 Å². The molecular formula is C24H36N4S. The van der Waals surface area contributed by atoms with E-state index in [1.807, 2.05) is 0 Å². The molecule has 0 amide bonds. The quantitative estimate of drug-likeness (QED) is 0.156. The highest BCUT2D eigenvalue weighted by atomic mass is 32.1. The van der Waals surface area contributed by atoms with Crippen molar-refractivity contribution >= 4 is 18.8 Å². The number of hydrogen-bond donors (Lipinski definition) is 4. The van der Waals surface area contributed by atoms with Crippen LogP contribution in [0.4, 0.5) is 0 Å². The summed E-state index contributed by atoms with van der Waals surface area (Å²) in [4.78, 5) is 1.36. The maximum atomic E-state index is 5.32. The monoisotopic (exact) mass is 412 g/mol. The van der Waals surface area contributed by atoms with E-state index in [0.717, 1.165) is 31.6 Å². The predicted molar refractivity (Wildman–Crippen MR) is 127 cm³/mol. The van der Waals surface area contributed by atoms with Crippen molar-refractivity contribution in [3.05, 3.63) is 58.3 Å². The minimum absolute atomic E-state index is 0.496. The molecule has 0 heterocycles. The van der Waals surface area contributed by atoms with Crippen LogP contribution in [0.1, 0.15) is 52.4 Å². The number of nitrogens with two attached hydrogens (primary N) is 1. The summed E-state index contributed by atoms with van der Waals surface area (Å²) in [7, 11) is 0. The second kappa shape index (κ2) is 10.8. The number of nitrogens with zero attached hydrogens (tertiary/aromatic N) is 1. The van der Waals surface area contributed by atoms with Crippen LogP contribution in [0.5, 0.6) is 0 Å². The van der Waals surface area contributed by atoms with Gasteiger partial charge in [-0.3, -0.25) is 5.43 Å². The first kappa shape index (κ1) is 21.8. The summed E-state index contributed by atoms with van der Waals surface area (Å²) in [6, 6.07) is 0. The molecule has 5 heteroatoms. The lowest BCUT2D eigenvalue weighted by Crippen LogP contribution is -2.31. The molecule has 0 aromatic heterocycles. The zero-order valence-electron chi connectivity index (χ0n) is 17.8. The first-order chi connectivity index (χ1) is 14.1. The minimum Gasteiger partial charge on any atom is -0.405 e. The molecule has 4 nitrogen and oxygen atoms in total. The summed E-state index contributed by atoms with van der Waals surface area (Å²) < 4.78 is 0.